The van der Waals surface area contributed by atoms with Crippen molar-refractivity contribution in [2.45, 2.75) is 50.0 Å². The van der Waals surface area contributed by atoms with E-state index in [1.807, 2.05) is 0 Å². The van der Waals surface area contributed by atoms with Gasteiger partial charge in [-0.1, -0.05) is 43.2 Å². The average molecular weight is 216 g/mol. The molecule has 2 fully saturated rings. The van der Waals surface area contributed by atoms with Crippen molar-refractivity contribution in [3.8, 4) is 0 Å². The van der Waals surface area contributed by atoms with E-state index in [1.54, 1.807) is 0 Å². The fourth-order valence-corrected chi connectivity index (χ4v) is 3.84. The first-order chi connectivity index (χ1) is 7.80. The number of aliphatic hydroxyl groups is 1. The molecule has 86 valence electrons. The summed E-state index contributed by atoms with van der Waals surface area (Å²) in [6, 6.07) is 10.8. The van der Waals surface area contributed by atoms with Crippen molar-refractivity contribution >= 4 is 0 Å². The summed E-state index contributed by atoms with van der Waals surface area (Å²) in [4.78, 5) is 0. The number of fused-ring (bicyclic) bond motifs is 1. The zero-order chi connectivity index (χ0) is 11.0. The van der Waals surface area contributed by atoms with E-state index in [1.165, 1.54) is 31.2 Å². The second kappa shape index (κ2) is 3.89. The maximum atomic E-state index is 10.6. The lowest BCUT2D eigenvalue weighted by Gasteiger charge is -2.37. The minimum Gasteiger partial charge on any atom is -0.390 e. The molecule has 0 amide bonds. The van der Waals surface area contributed by atoms with Crippen LogP contribution in [0.4, 0.5) is 0 Å². The van der Waals surface area contributed by atoms with Crippen LogP contribution in [0.2, 0.25) is 0 Å². The van der Waals surface area contributed by atoms with Crippen molar-refractivity contribution in [1.82, 2.24) is 0 Å². The van der Waals surface area contributed by atoms with Crippen LogP contribution in [0.25, 0.3) is 0 Å². The van der Waals surface area contributed by atoms with E-state index < -0.39 is 0 Å². The molecule has 2 aliphatic rings. The highest BCUT2D eigenvalue weighted by molar-refractivity contribution is 5.24. The van der Waals surface area contributed by atoms with Crippen LogP contribution in [0.15, 0.2) is 30.3 Å². The van der Waals surface area contributed by atoms with Gasteiger partial charge in [-0.25, -0.2) is 0 Å². The van der Waals surface area contributed by atoms with Gasteiger partial charge in [-0.05, 0) is 43.1 Å². The molecule has 3 atom stereocenters. The van der Waals surface area contributed by atoms with Crippen LogP contribution < -0.4 is 0 Å². The normalized spacial score (nSPS) is 38.3. The van der Waals surface area contributed by atoms with Crippen molar-refractivity contribution in [3.63, 3.8) is 0 Å². The molecule has 0 aliphatic heterocycles. The van der Waals surface area contributed by atoms with Crippen LogP contribution in [-0.2, 0) is 0 Å². The number of benzene rings is 1. The fraction of sp³-hybridized carbons (Fsp3) is 0.600. The molecule has 0 radical (unpaired) electrons. The summed E-state index contributed by atoms with van der Waals surface area (Å²) in [6.07, 6.45) is 6.95. The van der Waals surface area contributed by atoms with Gasteiger partial charge in [-0.3, -0.25) is 0 Å². The van der Waals surface area contributed by atoms with Gasteiger partial charge >= 0.3 is 0 Å². The molecular weight excluding hydrogens is 196 g/mol. The summed E-state index contributed by atoms with van der Waals surface area (Å²) in [5.74, 6) is 1.12. The maximum Gasteiger partial charge on any atom is 0.0681 e. The third-order valence-corrected chi connectivity index (χ3v) is 4.67. The van der Waals surface area contributed by atoms with Crippen LogP contribution in [-0.4, -0.2) is 10.7 Å². The van der Waals surface area contributed by atoms with E-state index in [9.17, 15) is 5.11 Å². The average Bonchev–Trinajstić information content (AvgIpc) is 2.67. The van der Waals surface area contributed by atoms with E-state index in [0.29, 0.717) is 11.8 Å². The fourth-order valence-electron chi connectivity index (χ4n) is 3.84. The molecule has 0 spiro atoms. The molecule has 2 aliphatic carbocycles. The van der Waals surface area contributed by atoms with Crippen LogP contribution in [0.5, 0.6) is 0 Å². The Morgan fingerprint density at radius 3 is 2.62 bits per heavy atom. The standard InChI is InChI=1S/C15H20O/c16-15-10-5-4-8-14(15)13(9-11-15)12-6-2-1-3-7-12/h1-3,6-7,13-14,16H,4-5,8-11H2/t13-,14-,15-/m1/s1. The summed E-state index contributed by atoms with van der Waals surface area (Å²) in [6.45, 7) is 0. The lowest BCUT2D eigenvalue weighted by atomic mass is 9.73. The predicted octanol–water partition coefficient (Wildman–Crippen LogP) is 3.49. The van der Waals surface area contributed by atoms with Crippen molar-refractivity contribution in [2.24, 2.45) is 5.92 Å². The van der Waals surface area contributed by atoms with Gasteiger partial charge in [0.1, 0.15) is 0 Å². The molecule has 3 rings (SSSR count). The van der Waals surface area contributed by atoms with Crippen molar-refractivity contribution in [3.05, 3.63) is 35.9 Å². The van der Waals surface area contributed by atoms with Crippen LogP contribution >= 0.6 is 0 Å². The summed E-state index contributed by atoms with van der Waals surface area (Å²) < 4.78 is 0. The van der Waals surface area contributed by atoms with Crippen molar-refractivity contribution < 1.29 is 5.11 Å². The summed E-state index contributed by atoms with van der Waals surface area (Å²) in [7, 11) is 0. The van der Waals surface area contributed by atoms with Crippen LogP contribution in [0.1, 0.15) is 50.0 Å². The molecule has 0 heterocycles. The third-order valence-electron chi connectivity index (χ3n) is 4.67. The second-order valence-electron chi connectivity index (χ2n) is 5.51. The largest absolute Gasteiger partial charge is 0.390 e. The summed E-state index contributed by atoms with van der Waals surface area (Å²) in [5.41, 5.74) is 1.10. The van der Waals surface area contributed by atoms with Gasteiger partial charge in [0.15, 0.2) is 0 Å². The maximum absolute atomic E-state index is 10.6. The quantitative estimate of drug-likeness (QED) is 0.762. The first kappa shape index (κ1) is 10.3. The van der Waals surface area contributed by atoms with E-state index in [-0.39, 0.29) is 5.60 Å². The Balaban J connectivity index is 1.88. The molecule has 0 unspecified atom stereocenters. The number of rotatable bonds is 1. The molecule has 0 bridgehead atoms. The van der Waals surface area contributed by atoms with Gasteiger partial charge in [0.25, 0.3) is 0 Å². The lowest BCUT2D eigenvalue weighted by Crippen LogP contribution is -2.37. The van der Waals surface area contributed by atoms with E-state index in [2.05, 4.69) is 30.3 Å². The first-order valence-corrected chi connectivity index (χ1v) is 6.57. The van der Waals surface area contributed by atoms with Crippen molar-refractivity contribution in [1.29, 1.82) is 0 Å². The predicted molar refractivity (Wildman–Crippen MR) is 65.3 cm³/mol. The monoisotopic (exact) mass is 216 g/mol. The van der Waals surface area contributed by atoms with Gasteiger partial charge in [0.2, 0.25) is 0 Å². The number of hydrogen-bond donors (Lipinski definition) is 1. The van der Waals surface area contributed by atoms with Gasteiger partial charge in [-0.15, -0.1) is 0 Å². The lowest BCUT2D eigenvalue weighted by molar-refractivity contribution is -0.0307. The molecule has 1 N–H and O–H groups in total. The minimum absolute atomic E-state index is 0.335. The smallest absolute Gasteiger partial charge is 0.0681 e. The Morgan fingerprint density at radius 1 is 1.00 bits per heavy atom. The Kier molecular flexibility index (Phi) is 2.51. The highest BCUT2D eigenvalue weighted by Gasteiger charge is 2.48. The second-order valence-corrected chi connectivity index (χ2v) is 5.51. The molecule has 1 aromatic carbocycles. The van der Waals surface area contributed by atoms with Crippen LogP contribution in [0, 0.1) is 5.92 Å². The Hall–Kier alpha value is -0.820. The summed E-state index contributed by atoms with van der Waals surface area (Å²) in [5, 5.41) is 10.6. The Bertz CT molecular complexity index is 359. The molecular formula is C15H20O. The first-order valence-electron chi connectivity index (χ1n) is 6.57. The van der Waals surface area contributed by atoms with Gasteiger partial charge in [0, 0.05) is 0 Å². The molecule has 2 saturated carbocycles. The zero-order valence-corrected chi connectivity index (χ0v) is 9.73. The Morgan fingerprint density at radius 2 is 1.81 bits per heavy atom. The molecule has 16 heavy (non-hydrogen) atoms. The SMILES string of the molecule is O[C@@]12CCCC[C@@H]1[C@@H](c1ccccc1)CC2. The van der Waals surface area contributed by atoms with Gasteiger partial charge in [0.05, 0.1) is 5.60 Å². The van der Waals surface area contributed by atoms with Gasteiger partial charge in [-0.2, -0.15) is 0 Å². The topological polar surface area (TPSA) is 20.2 Å². The van der Waals surface area contributed by atoms with E-state index in [0.717, 1.165) is 12.8 Å². The highest BCUT2D eigenvalue weighted by Crippen LogP contribution is 2.52. The van der Waals surface area contributed by atoms with E-state index >= 15 is 0 Å². The summed E-state index contributed by atoms with van der Waals surface area (Å²) >= 11 is 0. The zero-order valence-electron chi connectivity index (χ0n) is 9.73. The van der Waals surface area contributed by atoms with Crippen molar-refractivity contribution in [2.75, 3.05) is 0 Å². The van der Waals surface area contributed by atoms with E-state index in [4.69, 9.17) is 0 Å². The molecule has 0 aromatic heterocycles. The molecule has 1 aromatic rings. The minimum atomic E-state index is -0.335. The Labute approximate surface area is 97.5 Å². The third kappa shape index (κ3) is 1.58. The molecule has 1 heteroatoms. The highest BCUT2D eigenvalue weighted by atomic mass is 16.3. The molecule has 0 saturated heterocycles. The van der Waals surface area contributed by atoms with Gasteiger partial charge < -0.3 is 5.11 Å². The molecule has 1 nitrogen and oxygen atoms in total. The number of hydrogen-bond acceptors (Lipinski definition) is 1. The van der Waals surface area contributed by atoms with Crippen LogP contribution in [0.3, 0.4) is 0 Å².